The fourth-order valence-corrected chi connectivity index (χ4v) is 4.81. The Hall–Kier alpha value is -0.0400. The second-order valence-corrected chi connectivity index (χ2v) is 6.98. The van der Waals surface area contributed by atoms with Gasteiger partial charge in [-0.3, -0.25) is 0 Å². The SMILES string of the molecule is C[C@@H]1CC[C@@H]2[C@@H]1C[C@@H]1CC2(C)OC1(C)C. The van der Waals surface area contributed by atoms with Gasteiger partial charge in [0, 0.05) is 0 Å². The zero-order valence-electron chi connectivity index (χ0n) is 10.5. The van der Waals surface area contributed by atoms with Crippen molar-refractivity contribution in [3.05, 3.63) is 0 Å². The summed E-state index contributed by atoms with van der Waals surface area (Å²) in [5.41, 5.74) is 0.348. The molecule has 15 heavy (non-hydrogen) atoms. The van der Waals surface area contributed by atoms with Gasteiger partial charge in [-0.1, -0.05) is 13.3 Å². The minimum absolute atomic E-state index is 0.138. The van der Waals surface area contributed by atoms with Gasteiger partial charge in [0.25, 0.3) is 0 Å². The third-order valence-electron chi connectivity index (χ3n) is 5.65. The van der Waals surface area contributed by atoms with E-state index in [0.717, 1.165) is 23.7 Å². The topological polar surface area (TPSA) is 9.23 Å². The molecule has 0 aromatic heterocycles. The van der Waals surface area contributed by atoms with Crippen LogP contribution < -0.4 is 0 Å². The van der Waals surface area contributed by atoms with Gasteiger partial charge in [0.15, 0.2) is 0 Å². The molecule has 1 unspecified atom stereocenters. The van der Waals surface area contributed by atoms with Gasteiger partial charge in [-0.2, -0.15) is 0 Å². The van der Waals surface area contributed by atoms with Gasteiger partial charge in [-0.05, 0) is 63.7 Å². The van der Waals surface area contributed by atoms with E-state index in [1.165, 1.54) is 25.7 Å². The number of rotatable bonds is 0. The third kappa shape index (κ3) is 1.25. The Labute approximate surface area is 93.6 Å². The fraction of sp³-hybridized carbons (Fsp3) is 1.00. The molecule has 5 atom stereocenters. The van der Waals surface area contributed by atoms with Crippen LogP contribution in [0.2, 0.25) is 0 Å². The van der Waals surface area contributed by atoms with Crippen molar-refractivity contribution in [3.8, 4) is 0 Å². The van der Waals surface area contributed by atoms with E-state index in [1.54, 1.807) is 0 Å². The molecule has 2 aliphatic carbocycles. The summed E-state index contributed by atoms with van der Waals surface area (Å²) < 4.78 is 6.42. The highest BCUT2D eigenvalue weighted by atomic mass is 16.5. The van der Waals surface area contributed by atoms with Crippen LogP contribution in [0.4, 0.5) is 0 Å². The smallest absolute Gasteiger partial charge is 0.0696 e. The Kier molecular flexibility index (Phi) is 1.89. The largest absolute Gasteiger partial charge is 0.369 e. The van der Waals surface area contributed by atoms with Crippen LogP contribution in [0, 0.1) is 23.7 Å². The summed E-state index contributed by atoms with van der Waals surface area (Å²) in [7, 11) is 0. The molecular formula is C14H24O. The molecule has 1 aliphatic heterocycles. The molecule has 0 aromatic carbocycles. The van der Waals surface area contributed by atoms with E-state index in [2.05, 4.69) is 27.7 Å². The van der Waals surface area contributed by atoms with Crippen LogP contribution in [0.3, 0.4) is 0 Å². The molecule has 0 N–H and O–H groups in total. The summed E-state index contributed by atoms with van der Waals surface area (Å²) in [5.74, 6) is 3.56. The minimum Gasteiger partial charge on any atom is -0.369 e. The molecule has 0 spiro atoms. The Bertz CT molecular complexity index is 283. The molecule has 1 nitrogen and oxygen atoms in total. The Morgan fingerprint density at radius 2 is 1.87 bits per heavy atom. The molecule has 2 bridgehead atoms. The van der Waals surface area contributed by atoms with Gasteiger partial charge < -0.3 is 4.74 Å². The highest BCUT2D eigenvalue weighted by molar-refractivity contribution is 5.08. The lowest BCUT2D eigenvalue weighted by Crippen LogP contribution is -2.40. The van der Waals surface area contributed by atoms with E-state index >= 15 is 0 Å². The second kappa shape index (κ2) is 2.80. The lowest BCUT2D eigenvalue weighted by molar-refractivity contribution is -0.107. The van der Waals surface area contributed by atoms with Crippen LogP contribution in [0.25, 0.3) is 0 Å². The third-order valence-corrected chi connectivity index (χ3v) is 5.65. The number of hydrogen-bond donors (Lipinski definition) is 0. The van der Waals surface area contributed by atoms with Crippen molar-refractivity contribution < 1.29 is 4.74 Å². The van der Waals surface area contributed by atoms with Crippen molar-refractivity contribution in [3.63, 3.8) is 0 Å². The number of fused-ring (bicyclic) bond motifs is 4. The van der Waals surface area contributed by atoms with Crippen molar-refractivity contribution in [1.29, 1.82) is 0 Å². The molecule has 2 saturated carbocycles. The first-order chi connectivity index (χ1) is 6.92. The molecule has 1 saturated heterocycles. The zero-order valence-corrected chi connectivity index (χ0v) is 10.5. The molecule has 3 aliphatic rings. The van der Waals surface area contributed by atoms with Crippen molar-refractivity contribution >= 4 is 0 Å². The number of ether oxygens (including phenoxy) is 1. The molecule has 0 radical (unpaired) electrons. The molecule has 86 valence electrons. The maximum atomic E-state index is 6.42. The van der Waals surface area contributed by atoms with Crippen LogP contribution in [-0.4, -0.2) is 11.2 Å². The first kappa shape index (κ1) is 10.1. The van der Waals surface area contributed by atoms with Gasteiger partial charge in [-0.15, -0.1) is 0 Å². The minimum atomic E-state index is 0.138. The summed E-state index contributed by atoms with van der Waals surface area (Å²) in [4.78, 5) is 0. The Morgan fingerprint density at radius 1 is 1.13 bits per heavy atom. The van der Waals surface area contributed by atoms with Crippen molar-refractivity contribution in [2.24, 2.45) is 23.7 Å². The van der Waals surface area contributed by atoms with E-state index in [1.807, 2.05) is 0 Å². The average Bonchev–Trinajstić information content (AvgIpc) is 2.54. The Morgan fingerprint density at radius 3 is 2.60 bits per heavy atom. The van der Waals surface area contributed by atoms with E-state index in [-0.39, 0.29) is 11.2 Å². The van der Waals surface area contributed by atoms with Gasteiger partial charge >= 0.3 is 0 Å². The van der Waals surface area contributed by atoms with Crippen molar-refractivity contribution in [2.45, 2.75) is 64.6 Å². The Balaban J connectivity index is 1.95. The zero-order chi connectivity index (χ0) is 10.8. The molecule has 0 amide bonds. The molecule has 0 aromatic rings. The van der Waals surface area contributed by atoms with E-state index in [0.29, 0.717) is 0 Å². The summed E-state index contributed by atoms with van der Waals surface area (Å²) in [5, 5.41) is 0. The maximum Gasteiger partial charge on any atom is 0.0696 e. The maximum absolute atomic E-state index is 6.42. The van der Waals surface area contributed by atoms with Crippen molar-refractivity contribution in [1.82, 2.24) is 0 Å². The van der Waals surface area contributed by atoms with Crippen LogP contribution in [0.1, 0.15) is 53.4 Å². The summed E-state index contributed by atoms with van der Waals surface area (Å²) in [6.45, 7) is 9.43. The molecule has 1 heteroatoms. The lowest BCUT2D eigenvalue weighted by atomic mass is 9.65. The normalized spacial score (nSPS) is 56.8. The number of hydrogen-bond acceptors (Lipinski definition) is 1. The van der Waals surface area contributed by atoms with Crippen LogP contribution >= 0.6 is 0 Å². The van der Waals surface area contributed by atoms with E-state index in [9.17, 15) is 0 Å². The quantitative estimate of drug-likeness (QED) is 0.590. The standard InChI is InChI=1S/C14H24O/c1-9-5-6-12-11(9)7-10-8-14(12,4)15-13(10,2)3/h9-12H,5-8H2,1-4H3/t9-,10-,11-,12-,14?/m1/s1. The first-order valence-electron chi connectivity index (χ1n) is 6.62. The molecule has 3 fully saturated rings. The van der Waals surface area contributed by atoms with Gasteiger partial charge in [0.2, 0.25) is 0 Å². The lowest BCUT2D eigenvalue weighted by Gasteiger charge is -2.39. The van der Waals surface area contributed by atoms with Crippen LogP contribution in [-0.2, 0) is 4.74 Å². The highest BCUT2D eigenvalue weighted by Gasteiger charge is 2.60. The summed E-state index contributed by atoms with van der Waals surface area (Å²) in [6.07, 6.45) is 5.58. The summed E-state index contributed by atoms with van der Waals surface area (Å²) in [6, 6.07) is 0. The first-order valence-corrected chi connectivity index (χ1v) is 6.62. The monoisotopic (exact) mass is 208 g/mol. The molecule has 3 rings (SSSR count). The molecular weight excluding hydrogens is 184 g/mol. The predicted octanol–water partition coefficient (Wildman–Crippen LogP) is 3.63. The van der Waals surface area contributed by atoms with Crippen molar-refractivity contribution in [2.75, 3.05) is 0 Å². The van der Waals surface area contributed by atoms with Crippen LogP contribution in [0.15, 0.2) is 0 Å². The molecule has 1 heterocycles. The average molecular weight is 208 g/mol. The van der Waals surface area contributed by atoms with Gasteiger partial charge in [-0.25, -0.2) is 0 Å². The van der Waals surface area contributed by atoms with E-state index in [4.69, 9.17) is 4.74 Å². The van der Waals surface area contributed by atoms with Gasteiger partial charge in [0.1, 0.15) is 0 Å². The van der Waals surface area contributed by atoms with E-state index < -0.39 is 0 Å². The predicted molar refractivity (Wildman–Crippen MR) is 61.7 cm³/mol. The van der Waals surface area contributed by atoms with Gasteiger partial charge in [0.05, 0.1) is 11.2 Å². The highest BCUT2D eigenvalue weighted by Crippen LogP contribution is 2.60. The summed E-state index contributed by atoms with van der Waals surface area (Å²) >= 11 is 0. The second-order valence-electron chi connectivity index (χ2n) is 6.98. The van der Waals surface area contributed by atoms with Crippen LogP contribution in [0.5, 0.6) is 0 Å². The fourth-order valence-electron chi connectivity index (χ4n) is 4.81.